The maximum absolute atomic E-state index is 12.0. The van der Waals surface area contributed by atoms with Crippen LogP contribution in [0.5, 0.6) is 0 Å². The predicted octanol–water partition coefficient (Wildman–Crippen LogP) is -0.253. The van der Waals surface area contributed by atoms with Crippen LogP contribution in [0.2, 0.25) is 0 Å². The van der Waals surface area contributed by atoms with Crippen molar-refractivity contribution in [1.82, 2.24) is 10.2 Å². The average Bonchev–Trinajstić information content (AvgIpc) is 2.75. The summed E-state index contributed by atoms with van der Waals surface area (Å²) < 4.78 is 0. The molecule has 0 saturated carbocycles. The molecule has 0 spiro atoms. The second-order valence-corrected chi connectivity index (χ2v) is 5.01. The van der Waals surface area contributed by atoms with Crippen molar-refractivity contribution in [2.45, 2.75) is 13.8 Å². The Kier molecular flexibility index (Phi) is 2.56. The van der Waals surface area contributed by atoms with E-state index < -0.39 is 5.41 Å². The zero-order valence-corrected chi connectivity index (χ0v) is 9.34. The summed E-state index contributed by atoms with van der Waals surface area (Å²) in [6.45, 7) is 6.80. The van der Waals surface area contributed by atoms with Crippen molar-refractivity contribution in [2.75, 3.05) is 32.8 Å². The Morgan fingerprint density at radius 1 is 1.40 bits per heavy atom. The number of hydrogen-bond acceptors (Lipinski definition) is 3. The van der Waals surface area contributed by atoms with Gasteiger partial charge < -0.3 is 15.3 Å². The summed E-state index contributed by atoms with van der Waals surface area (Å²) in [5.74, 6) is 0.0550. The van der Waals surface area contributed by atoms with Gasteiger partial charge in [0, 0.05) is 26.2 Å². The van der Waals surface area contributed by atoms with Gasteiger partial charge in [-0.05, 0) is 25.0 Å². The van der Waals surface area contributed by atoms with Crippen LogP contribution >= 0.6 is 0 Å². The maximum atomic E-state index is 12.0. The summed E-state index contributed by atoms with van der Waals surface area (Å²) in [4.78, 5) is 13.9. The van der Waals surface area contributed by atoms with Gasteiger partial charge in [0.15, 0.2) is 0 Å². The molecule has 0 radical (unpaired) electrons. The molecule has 84 valence electrons. The van der Waals surface area contributed by atoms with Crippen molar-refractivity contribution < 1.29 is 9.90 Å². The molecule has 0 fully saturated rings. The quantitative estimate of drug-likeness (QED) is 0.618. The molecule has 2 aliphatic heterocycles. The number of hydrogen-bond donors (Lipinski definition) is 2. The van der Waals surface area contributed by atoms with Crippen molar-refractivity contribution in [2.24, 2.45) is 5.41 Å². The van der Waals surface area contributed by atoms with E-state index in [0.717, 1.165) is 26.2 Å². The van der Waals surface area contributed by atoms with Crippen LogP contribution in [0.25, 0.3) is 0 Å². The van der Waals surface area contributed by atoms with Crippen LogP contribution in [0.3, 0.4) is 0 Å². The van der Waals surface area contributed by atoms with E-state index in [1.54, 1.807) is 13.8 Å². The normalized spacial score (nSPS) is 21.1. The van der Waals surface area contributed by atoms with E-state index in [1.807, 2.05) is 4.90 Å². The molecule has 0 aromatic carbocycles. The van der Waals surface area contributed by atoms with Gasteiger partial charge in [-0.25, -0.2) is 0 Å². The fraction of sp³-hybridized carbons (Fsp3) is 0.727. The summed E-state index contributed by atoms with van der Waals surface area (Å²) in [6.07, 6.45) is 0. The third-order valence-electron chi connectivity index (χ3n) is 3.20. The van der Waals surface area contributed by atoms with Gasteiger partial charge in [0.2, 0.25) is 5.91 Å². The lowest BCUT2D eigenvalue weighted by atomic mass is 9.93. The molecule has 0 atom stereocenters. The minimum Gasteiger partial charge on any atom is -0.395 e. The van der Waals surface area contributed by atoms with Gasteiger partial charge in [-0.15, -0.1) is 0 Å². The van der Waals surface area contributed by atoms with Gasteiger partial charge in [-0.3, -0.25) is 4.79 Å². The van der Waals surface area contributed by atoms with Crippen LogP contribution in [-0.2, 0) is 4.79 Å². The van der Waals surface area contributed by atoms with Crippen molar-refractivity contribution in [1.29, 1.82) is 0 Å². The van der Waals surface area contributed by atoms with E-state index in [9.17, 15) is 4.79 Å². The lowest BCUT2D eigenvalue weighted by Crippen LogP contribution is -2.43. The molecule has 2 N–H and O–H groups in total. The average molecular weight is 210 g/mol. The van der Waals surface area contributed by atoms with Gasteiger partial charge in [-0.1, -0.05) is 0 Å². The number of amides is 1. The maximum Gasteiger partial charge on any atom is 0.231 e. The monoisotopic (exact) mass is 210 g/mol. The minimum absolute atomic E-state index is 0.0550. The highest BCUT2D eigenvalue weighted by Crippen LogP contribution is 2.25. The minimum atomic E-state index is -0.646. The second kappa shape index (κ2) is 3.61. The molecule has 0 aromatic heterocycles. The molecule has 2 aliphatic rings. The molecule has 0 bridgehead atoms. The molecule has 0 unspecified atom stereocenters. The van der Waals surface area contributed by atoms with Crippen molar-refractivity contribution in [3.05, 3.63) is 11.1 Å². The first kappa shape index (κ1) is 10.6. The van der Waals surface area contributed by atoms with Crippen LogP contribution in [0.1, 0.15) is 13.8 Å². The van der Waals surface area contributed by atoms with E-state index >= 15 is 0 Å². The van der Waals surface area contributed by atoms with Crippen LogP contribution < -0.4 is 5.32 Å². The van der Waals surface area contributed by atoms with Crippen molar-refractivity contribution in [3.8, 4) is 0 Å². The largest absolute Gasteiger partial charge is 0.395 e. The van der Waals surface area contributed by atoms with Gasteiger partial charge >= 0.3 is 0 Å². The van der Waals surface area contributed by atoms with Gasteiger partial charge in [0.05, 0.1) is 12.0 Å². The van der Waals surface area contributed by atoms with Crippen LogP contribution in [0.15, 0.2) is 11.1 Å². The number of aliphatic hydroxyl groups excluding tert-OH is 1. The first-order chi connectivity index (χ1) is 7.04. The van der Waals surface area contributed by atoms with Gasteiger partial charge in [0.25, 0.3) is 0 Å². The highest BCUT2D eigenvalue weighted by molar-refractivity contribution is 5.83. The highest BCUT2D eigenvalue weighted by atomic mass is 16.3. The topological polar surface area (TPSA) is 52.6 Å². The highest BCUT2D eigenvalue weighted by Gasteiger charge is 2.36. The summed E-state index contributed by atoms with van der Waals surface area (Å²) >= 11 is 0. The van der Waals surface area contributed by atoms with E-state index in [4.69, 9.17) is 5.11 Å². The molecular formula is C11H18N2O2. The predicted molar refractivity (Wildman–Crippen MR) is 57.3 cm³/mol. The number of nitrogens with zero attached hydrogens (tertiary/aromatic N) is 1. The number of rotatable bonds is 2. The molecule has 0 aliphatic carbocycles. The Bertz CT molecular complexity index is 305. The molecular weight excluding hydrogens is 192 g/mol. The lowest BCUT2D eigenvalue weighted by Gasteiger charge is -2.28. The van der Waals surface area contributed by atoms with E-state index in [1.165, 1.54) is 11.1 Å². The summed E-state index contributed by atoms with van der Waals surface area (Å²) in [5, 5.41) is 12.4. The van der Waals surface area contributed by atoms with Crippen LogP contribution in [0, 0.1) is 5.41 Å². The van der Waals surface area contributed by atoms with E-state index in [0.29, 0.717) is 0 Å². The Morgan fingerprint density at radius 2 is 1.93 bits per heavy atom. The zero-order valence-electron chi connectivity index (χ0n) is 9.34. The molecule has 1 amide bonds. The van der Waals surface area contributed by atoms with Crippen molar-refractivity contribution in [3.63, 3.8) is 0 Å². The standard InChI is InChI=1S/C11H18N2O2/c1-11(2,7-14)10(15)13-5-8-3-12-4-9(8)6-13/h12,14H,3-7H2,1-2H3. The first-order valence-corrected chi connectivity index (χ1v) is 5.35. The van der Waals surface area contributed by atoms with Crippen LogP contribution in [-0.4, -0.2) is 48.7 Å². The van der Waals surface area contributed by atoms with Gasteiger partial charge in [-0.2, -0.15) is 0 Å². The number of carbonyl (C=O) groups is 1. The fourth-order valence-corrected chi connectivity index (χ4v) is 2.11. The SMILES string of the molecule is CC(C)(CO)C(=O)N1CC2=C(CNC2)C1. The molecule has 4 heteroatoms. The fourth-order valence-electron chi connectivity index (χ4n) is 2.11. The van der Waals surface area contributed by atoms with Gasteiger partial charge in [0.1, 0.15) is 0 Å². The number of nitrogens with one attached hydrogen (secondary N) is 1. The Balaban J connectivity index is 2.02. The van der Waals surface area contributed by atoms with E-state index in [2.05, 4.69) is 5.32 Å². The second-order valence-electron chi connectivity index (χ2n) is 5.01. The summed E-state index contributed by atoms with van der Waals surface area (Å²) in [5.41, 5.74) is 2.07. The number of aliphatic hydroxyl groups is 1. The molecule has 15 heavy (non-hydrogen) atoms. The summed E-state index contributed by atoms with van der Waals surface area (Å²) in [7, 11) is 0. The zero-order chi connectivity index (χ0) is 11.1. The molecule has 0 saturated heterocycles. The molecule has 0 aromatic rings. The van der Waals surface area contributed by atoms with Crippen LogP contribution in [0.4, 0.5) is 0 Å². The molecule has 2 heterocycles. The third kappa shape index (κ3) is 1.79. The summed E-state index contributed by atoms with van der Waals surface area (Å²) in [6, 6.07) is 0. The smallest absolute Gasteiger partial charge is 0.231 e. The third-order valence-corrected chi connectivity index (χ3v) is 3.20. The van der Waals surface area contributed by atoms with E-state index in [-0.39, 0.29) is 12.5 Å². The number of carbonyl (C=O) groups excluding carboxylic acids is 1. The Morgan fingerprint density at radius 3 is 2.40 bits per heavy atom. The molecule has 2 rings (SSSR count). The van der Waals surface area contributed by atoms with Crippen molar-refractivity contribution >= 4 is 5.91 Å². The Hall–Kier alpha value is -0.870. The molecule has 4 nitrogen and oxygen atoms in total. The lowest BCUT2D eigenvalue weighted by molar-refractivity contribution is -0.141. The first-order valence-electron chi connectivity index (χ1n) is 5.35. The Labute approximate surface area is 90.0 Å².